The zero-order valence-electron chi connectivity index (χ0n) is 10.8. The molecule has 0 radical (unpaired) electrons. The molecule has 3 heteroatoms. The summed E-state index contributed by atoms with van der Waals surface area (Å²) in [5.74, 6) is 0. The van der Waals surface area contributed by atoms with Crippen molar-refractivity contribution >= 4 is 28.4 Å². The van der Waals surface area contributed by atoms with Crippen molar-refractivity contribution in [1.82, 2.24) is 4.98 Å². The zero-order chi connectivity index (χ0) is 13.1. The average molecular weight is 268 g/mol. The summed E-state index contributed by atoms with van der Waals surface area (Å²) < 4.78 is 0. The number of hydrogen-bond acceptors (Lipinski definition) is 2. The van der Waals surface area contributed by atoms with Crippen molar-refractivity contribution in [2.75, 3.05) is 11.6 Å². The lowest BCUT2D eigenvalue weighted by molar-refractivity contribution is 1.16. The molecule has 0 saturated heterocycles. The Morgan fingerprint density at radius 1 is 1.05 bits per heavy atom. The van der Waals surface area contributed by atoms with E-state index in [0.717, 1.165) is 12.2 Å². The molecule has 0 fully saturated rings. The quantitative estimate of drug-likeness (QED) is 0.682. The highest BCUT2D eigenvalue weighted by molar-refractivity contribution is 7.98. The van der Waals surface area contributed by atoms with Gasteiger partial charge >= 0.3 is 0 Å². The van der Waals surface area contributed by atoms with Crippen LogP contribution in [0.25, 0.3) is 10.9 Å². The van der Waals surface area contributed by atoms with Crippen LogP contribution in [0.1, 0.15) is 5.56 Å². The molecule has 0 amide bonds. The normalized spacial score (nSPS) is 10.8. The van der Waals surface area contributed by atoms with Crippen molar-refractivity contribution in [2.24, 2.45) is 0 Å². The number of anilines is 1. The van der Waals surface area contributed by atoms with Gasteiger partial charge in [0.1, 0.15) is 0 Å². The zero-order valence-corrected chi connectivity index (χ0v) is 11.6. The first-order valence-corrected chi connectivity index (χ1v) is 7.52. The van der Waals surface area contributed by atoms with E-state index < -0.39 is 0 Å². The van der Waals surface area contributed by atoms with Crippen LogP contribution >= 0.6 is 11.8 Å². The second-order valence-corrected chi connectivity index (χ2v) is 5.32. The lowest BCUT2D eigenvalue weighted by Gasteiger charge is -2.08. The second-order valence-electron chi connectivity index (χ2n) is 4.44. The lowest BCUT2D eigenvalue weighted by atomic mass is 10.1. The van der Waals surface area contributed by atoms with Crippen molar-refractivity contribution in [3.8, 4) is 0 Å². The minimum atomic E-state index is 0.841. The number of rotatable bonds is 4. The van der Waals surface area contributed by atoms with Gasteiger partial charge in [-0.3, -0.25) is 0 Å². The van der Waals surface area contributed by atoms with E-state index in [1.165, 1.54) is 21.4 Å². The smallest absolute Gasteiger partial charge is 0.0457 e. The van der Waals surface area contributed by atoms with Crippen LogP contribution in [0.2, 0.25) is 0 Å². The molecule has 3 rings (SSSR count). The molecule has 3 aromatic rings. The summed E-state index contributed by atoms with van der Waals surface area (Å²) in [6, 6.07) is 17.0. The van der Waals surface area contributed by atoms with Crippen LogP contribution in [-0.2, 0) is 6.54 Å². The van der Waals surface area contributed by atoms with Gasteiger partial charge in [-0.1, -0.05) is 12.1 Å². The summed E-state index contributed by atoms with van der Waals surface area (Å²) in [6.07, 6.45) is 4.08. The van der Waals surface area contributed by atoms with E-state index in [9.17, 15) is 0 Å². The molecule has 1 aromatic heterocycles. The molecule has 0 spiro atoms. The number of thioether (sulfide) groups is 1. The van der Waals surface area contributed by atoms with Crippen LogP contribution in [0.15, 0.2) is 59.6 Å². The lowest BCUT2D eigenvalue weighted by Crippen LogP contribution is -1.99. The fourth-order valence-electron chi connectivity index (χ4n) is 2.21. The molecule has 1 heterocycles. The van der Waals surface area contributed by atoms with E-state index in [2.05, 4.69) is 65.1 Å². The molecule has 2 nitrogen and oxygen atoms in total. The second kappa shape index (κ2) is 5.41. The third-order valence-electron chi connectivity index (χ3n) is 3.26. The molecular formula is C16H16N2S. The van der Waals surface area contributed by atoms with Gasteiger partial charge in [0.25, 0.3) is 0 Å². The number of aromatic amines is 1. The molecule has 0 bridgehead atoms. The molecule has 0 saturated carbocycles. The molecule has 0 unspecified atom stereocenters. The fraction of sp³-hybridized carbons (Fsp3) is 0.125. The van der Waals surface area contributed by atoms with Crippen molar-refractivity contribution < 1.29 is 0 Å². The predicted molar refractivity (Wildman–Crippen MR) is 83.8 cm³/mol. The van der Waals surface area contributed by atoms with Crippen LogP contribution in [0.3, 0.4) is 0 Å². The Bertz CT molecular complexity index is 671. The highest BCUT2D eigenvalue weighted by Crippen LogP contribution is 2.20. The molecule has 0 aliphatic rings. The largest absolute Gasteiger partial charge is 0.381 e. The number of H-pyrrole nitrogens is 1. The van der Waals surface area contributed by atoms with Crippen molar-refractivity contribution in [3.05, 3.63) is 60.3 Å². The number of aromatic nitrogens is 1. The van der Waals surface area contributed by atoms with E-state index in [1.54, 1.807) is 11.8 Å². The number of fused-ring (bicyclic) bond motifs is 1. The number of nitrogens with one attached hydrogen (secondary N) is 2. The van der Waals surface area contributed by atoms with Gasteiger partial charge in [-0.25, -0.2) is 0 Å². The van der Waals surface area contributed by atoms with E-state index in [0.29, 0.717) is 0 Å². The molecule has 0 aliphatic heterocycles. The van der Waals surface area contributed by atoms with Crippen LogP contribution in [0.4, 0.5) is 5.69 Å². The molecule has 2 aromatic carbocycles. The summed E-state index contributed by atoms with van der Waals surface area (Å²) in [5.41, 5.74) is 3.66. The third-order valence-corrected chi connectivity index (χ3v) is 4.00. The summed E-state index contributed by atoms with van der Waals surface area (Å²) in [5, 5.41) is 4.76. The number of benzene rings is 2. The minimum absolute atomic E-state index is 0.841. The maximum atomic E-state index is 3.47. The molecule has 0 aliphatic carbocycles. The molecular weight excluding hydrogens is 252 g/mol. The summed E-state index contributed by atoms with van der Waals surface area (Å²) in [7, 11) is 0. The van der Waals surface area contributed by atoms with Gasteiger partial charge in [-0.05, 0) is 48.2 Å². The Labute approximate surface area is 117 Å². The van der Waals surface area contributed by atoms with Gasteiger partial charge in [0, 0.05) is 34.2 Å². The molecule has 0 atom stereocenters. The van der Waals surface area contributed by atoms with Crippen molar-refractivity contribution in [3.63, 3.8) is 0 Å². The monoisotopic (exact) mass is 268 g/mol. The standard InChI is InChI=1S/C16H16N2S/c1-19-14-7-5-13(6-8-14)18-11-12-3-2-4-16-15(12)9-10-17-16/h2-10,17-18H,11H2,1H3. The molecule has 2 N–H and O–H groups in total. The number of hydrogen-bond donors (Lipinski definition) is 2. The van der Waals surface area contributed by atoms with Crippen LogP contribution in [-0.4, -0.2) is 11.2 Å². The first kappa shape index (κ1) is 12.2. The first-order chi connectivity index (χ1) is 9.36. The highest BCUT2D eigenvalue weighted by atomic mass is 32.2. The summed E-state index contributed by atoms with van der Waals surface area (Å²) in [4.78, 5) is 4.53. The first-order valence-electron chi connectivity index (χ1n) is 6.30. The Balaban J connectivity index is 1.76. The van der Waals surface area contributed by atoms with Gasteiger partial charge in [-0.15, -0.1) is 11.8 Å². The fourth-order valence-corrected chi connectivity index (χ4v) is 2.62. The van der Waals surface area contributed by atoms with Crippen molar-refractivity contribution in [1.29, 1.82) is 0 Å². The van der Waals surface area contributed by atoms with E-state index >= 15 is 0 Å². The van der Waals surface area contributed by atoms with Crippen LogP contribution < -0.4 is 5.32 Å². The summed E-state index contributed by atoms with van der Waals surface area (Å²) in [6.45, 7) is 0.841. The maximum Gasteiger partial charge on any atom is 0.0457 e. The SMILES string of the molecule is CSc1ccc(NCc2cccc3[nH]ccc23)cc1. The predicted octanol–water partition coefficient (Wildman–Crippen LogP) is 4.50. The highest BCUT2D eigenvalue weighted by Gasteiger charge is 2.01. The van der Waals surface area contributed by atoms with E-state index in [-0.39, 0.29) is 0 Å². The maximum absolute atomic E-state index is 3.47. The van der Waals surface area contributed by atoms with Gasteiger partial charge in [0.15, 0.2) is 0 Å². The van der Waals surface area contributed by atoms with Gasteiger partial charge < -0.3 is 10.3 Å². The van der Waals surface area contributed by atoms with Gasteiger partial charge in [-0.2, -0.15) is 0 Å². The van der Waals surface area contributed by atoms with E-state index in [1.807, 2.05) is 6.20 Å². The summed E-state index contributed by atoms with van der Waals surface area (Å²) >= 11 is 1.76. The van der Waals surface area contributed by atoms with Gasteiger partial charge in [0.05, 0.1) is 0 Å². The Kier molecular flexibility index (Phi) is 3.47. The average Bonchev–Trinajstić information content (AvgIpc) is 2.94. The molecule has 19 heavy (non-hydrogen) atoms. The van der Waals surface area contributed by atoms with Crippen molar-refractivity contribution in [2.45, 2.75) is 11.4 Å². The van der Waals surface area contributed by atoms with Crippen LogP contribution in [0, 0.1) is 0 Å². The topological polar surface area (TPSA) is 27.8 Å². The Morgan fingerprint density at radius 2 is 1.89 bits per heavy atom. The minimum Gasteiger partial charge on any atom is -0.381 e. The van der Waals surface area contributed by atoms with Crippen LogP contribution in [0.5, 0.6) is 0 Å². The van der Waals surface area contributed by atoms with E-state index in [4.69, 9.17) is 0 Å². The van der Waals surface area contributed by atoms with Gasteiger partial charge in [0.2, 0.25) is 0 Å². The third kappa shape index (κ3) is 2.61. The Morgan fingerprint density at radius 3 is 2.68 bits per heavy atom. The molecule has 96 valence electrons. The Hall–Kier alpha value is -1.87.